The molecular weight excluding hydrogens is 170 g/mol. The molecule has 0 bridgehead atoms. The van der Waals surface area contributed by atoms with Gasteiger partial charge >= 0.3 is 0 Å². The summed E-state index contributed by atoms with van der Waals surface area (Å²) in [5.74, 6) is 3.41. The van der Waals surface area contributed by atoms with Crippen molar-refractivity contribution in [3.05, 3.63) is 35.4 Å². The van der Waals surface area contributed by atoms with E-state index in [2.05, 4.69) is 35.5 Å². The van der Waals surface area contributed by atoms with Crippen LogP contribution in [0.2, 0.25) is 0 Å². The van der Waals surface area contributed by atoms with Crippen LogP contribution in [0.5, 0.6) is 0 Å². The highest BCUT2D eigenvalue weighted by atomic mass is 14.8. The smallest absolute Gasteiger partial charge is 0.0576 e. The van der Waals surface area contributed by atoms with E-state index in [1.807, 2.05) is 0 Å². The zero-order chi connectivity index (χ0) is 9.80. The van der Waals surface area contributed by atoms with Gasteiger partial charge in [0.1, 0.15) is 0 Å². The summed E-state index contributed by atoms with van der Waals surface area (Å²) < 4.78 is 0. The Bertz CT molecular complexity index is 344. The lowest BCUT2D eigenvalue weighted by atomic mass is 10.0. The summed E-state index contributed by atoms with van der Waals surface area (Å²) in [6.07, 6.45) is 7.90. The third kappa shape index (κ3) is 2.16. The second-order valence-electron chi connectivity index (χ2n) is 3.78. The van der Waals surface area contributed by atoms with E-state index in [9.17, 15) is 0 Å². The molecule has 0 amide bonds. The van der Waals surface area contributed by atoms with E-state index < -0.39 is 0 Å². The Hall–Kier alpha value is -1.26. The second kappa shape index (κ2) is 4.30. The van der Waals surface area contributed by atoms with Gasteiger partial charge in [-0.25, -0.2) is 0 Å². The first-order chi connectivity index (χ1) is 6.92. The quantitative estimate of drug-likeness (QED) is 0.560. The molecule has 1 aliphatic rings. The molecular formula is C13H15N. The van der Waals surface area contributed by atoms with E-state index in [0.29, 0.717) is 6.54 Å². The summed E-state index contributed by atoms with van der Waals surface area (Å²) in [6, 6.07) is 8.65. The van der Waals surface area contributed by atoms with Gasteiger partial charge < -0.3 is 5.32 Å². The van der Waals surface area contributed by atoms with Gasteiger partial charge in [-0.3, -0.25) is 0 Å². The van der Waals surface area contributed by atoms with Crippen LogP contribution >= 0.6 is 0 Å². The van der Waals surface area contributed by atoms with Gasteiger partial charge in [-0.15, -0.1) is 6.42 Å². The Morgan fingerprint density at radius 3 is 2.86 bits per heavy atom. The lowest BCUT2D eigenvalue weighted by Gasteiger charge is -2.07. The number of rotatable bonds is 4. The molecule has 0 heterocycles. The molecule has 0 unspecified atom stereocenters. The highest BCUT2D eigenvalue weighted by Crippen LogP contribution is 2.41. The molecule has 0 spiro atoms. The van der Waals surface area contributed by atoms with Crippen molar-refractivity contribution in [3.63, 3.8) is 0 Å². The average molecular weight is 185 g/mol. The molecule has 2 rings (SSSR count). The molecule has 0 atom stereocenters. The second-order valence-corrected chi connectivity index (χ2v) is 3.78. The van der Waals surface area contributed by atoms with E-state index in [1.54, 1.807) is 0 Å². The van der Waals surface area contributed by atoms with Crippen molar-refractivity contribution in [1.29, 1.82) is 0 Å². The van der Waals surface area contributed by atoms with Gasteiger partial charge in [-0.05, 0) is 29.9 Å². The first kappa shape index (κ1) is 9.30. The van der Waals surface area contributed by atoms with Gasteiger partial charge in [0.25, 0.3) is 0 Å². The van der Waals surface area contributed by atoms with E-state index >= 15 is 0 Å². The van der Waals surface area contributed by atoms with Crippen LogP contribution in [0.4, 0.5) is 0 Å². The Labute approximate surface area is 85.5 Å². The lowest BCUT2D eigenvalue weighted by molar-refractivity contribution is 0.761. The molecule has 1 fully saturated rings. The van der Waals surface area contributed by atoms with Crippen LogP contribution in [0.15, 0.2) is 24.3 Å². The molecule has 0 saturated heterocycles. The van der Waals surface area contributed by atoms with Crippen LogP contribution in [0.3, 0.4) is 0 Å². The van der Waals surface area contributed by atoms with Crippen molar-refractivity contribution >= 4 is 0 Å². The number of hydrogen-bond donors (Lipinski definition) is 1. The summed E-state index contributed by atoms with van der Waals surface area (Å²) in [6.45, 7) is 1.55. The van der Waals surface area contributed by atoms with Crippen LogP contribution < -0.4 is 5.32 Å². The molecule has 0 aromatic heterocycles. The van der Waals surface area contributed by atoms with E-state index in [-0.39, 0.29) is 0 Å². The fourth-order valence-corrected chi connectivity index (χ4v) is 1.76. The first-order valence-electron chi connectivity index (χ1n) is 5.14. The van der Waals surface area contributed by atoms with Crippen molar-refractivity contribution in [2.75, 3.05) is 6.54 Å². The van der Waals surface area contributed by atoms with Crippen molar-refractivity contribution in [2.24, 2.45) is 0 Å². The third-order valence-corrected chi connectivity index (χ3v) is 2.61. The Morgan fingerprint density at radius 1 is 1.36 bits per heavy atom. The summed E-state index contributed by atoms with van der Waals surface area (Å²) in [5.41, 5.74) is 2.92. The van der Waals surface area contributed by atoms with Gasteiger partial charge in [-0.1, -0.05) is 30.2 Å². The Balaban J connectivity index is 2.04. The van der Waals surface area contributed by atoms with Gasteiger partial charge in [0.2, 0.25) is 0 Å². The molecule has 1 aromatic rings. The molecule has 1 aromatic carbocycles. The zero-order valence-electron chi connectivity index (χ0n) is 8.29. The minimum atomic E-state index is 0.652. The highest BCUT2D eigenvalue weighted by molar-refractivity contribution is 5.33. The van der Waals surface area contributed by atoms with Crippen LogP contribution in [0.25, 0.3) is 0 Å². The Kier molecular flexibility index (Phi) is 2.86. The van der Waals surface area contributed by atoms with Crippen LogP contribution in [0, 0.1) is 12.3 Å². The minimum absolute atomic E-state index is 0.652. The maximum atomic E-state index is 5.19. The average Bonchev–Trinajstić information content (AvgIpc) is 3.03. The topological polar surface area (TPSA) is 12.0 Å². The number of terminal acetylenes is 1. The van der Waals surface area contributed by atoms with Crippen molar-refractivity contribution in [2.45, 2.75) is 25.3 Å². The maximum Gasteiger partial charge on any atom is 0.0576 e. The fraction of sp³-hybridized carbons (Fsp3) is 0.385. The number of nitrogens with one attached hydrogen (secondary N) is 1. The number of hydrogen-bond acceptors (Lipinski definition) is 1. The minimum Gasteiger partial charge on any atom is -0.302 e. The van der Waals surface area contributed by atoms with Gasteiger partial charge in [0, 0.05) is 6.54 Å². The largest absolute Gasteiger partial charge is 0.302 e. The molecule has 1 N–H and O–H groups in total. The fourth-order valence-electron chi connectivity index (χ4n) is 1.76. The predicted octanol–water partition coefficient (Wildman–Crippen LogP) is 2.29. The highest BCUT2D eigenvalue weighted by Gasteiger charge is 2.25. The van der Waals surface area contributed by atoms with Crippen LogP contribution in [-0.2, 0) is 6.54 Å². The number of benzene rings is 1. The van der Waals surface area contributed by atoms with Gasteiger partial charge in [0.05, 0.1) is 6.54 Å². The van der Waals surface area contributed by atoms with Crippen LogP contribution in [0.1, 0.15) is 29.9 Å². The summed E-state index contributed by atoms with van der Waals surface area (Å²) >= 11 is 0. The normalized spacial score (nSPS) is 15.1. The maximum absolute atomic E-state index is 5.19. The molecule has 0 radical (unpaired) electrons. The van der Waals surface area contributed by atoms with E-state index in [4.69, 9.17) is 6.42 Å². The molecule has 0 aliphatic heterocycles. The lowest BCUT2D eigenvalue weighted by Crippen LogP contribution is -2.14. The molecule has 1 heteroatoms. The van der Waals surface area contributed by atoms with Gasteiger partial charge in [-0.2, -0.15) is 0 Å². The molecule has 72 valence electrons. The first-order valence-corrected chi connectivity index (χ1v) is 5.14. The van der Waals surface area contributed by atoms with E-state index in [0.717, 1.165) is 12.5 Å². The van der Waals surface area contributed by atoms with Crippen molar-refractivity contribution in [3.8, 4) is 12.3 Å². The SMILES string of the molecule is C#CCNCc1ccccc1C1CC1. The molecule has 1 saturated carbocycles. The summed E-state index contributed by atoms with van der Waals surface area (Å²) in [4.78, 5) is 0. The van der Waals surface area contributed by atoms with Gasteiger partial charge in [0.15, 0.2) is 0 Å². The van der Waals surface area contributed by atoms with E-state index in [1.165, 1.54) is 24.0 Å². The monoisotopic (exact) mass is 185 g/mol. The summed E-state index contributed by atoms with van der Waals surface area (Å²) in [5, 5.41) is 3.24. The molecule has 1 nitrogen and oxygen atoms in total. The molecule has 1 aliphatic carbocycles. The third-order valence-electron chi connectivity index (χ3n) is 2.61. The Morgan fingerprint density at radius 2 is 2.14 bits per heavy atom. The standard InChI is InChI=1S/C13H15N/c1-2-9-14-10-12-5-3-4-6-13(12)11-7-8-11/h1,3-6,11,14H,7-10H2. The van der Waals surface area contributed by atoms with Crippen LogP contribution in [-0.4, -0.2) is 6.54 Å². The predicted molar refractivity (Wildman–Crippen MR) is 59.0 cm³/mol. The zero-order valence-corrected chi connectivity index (χ0v) is 8.29. The summed E-state index contributed by atoms with van der Waals surface area (Å²) in [7, 11) is 0. The molecule has 14 heavy (non-hydrogen) atoms. The van der Waals surface area contributed by atoms with Crippen molar-refractivity contribution in [1.82, 2.24) is 5.32 Å². The van der Waals surface area contributed by atoms with Crippen molar-refractivity contribution < 1.29 is 0 Å².